The molecule has 0 atom stereocenters. The number of carbonyl (C=O) groups is 1. The van der Waals surface area contributed by atoms with E-state index in [9.17, 15) is 4.79 Å². The van der Waals surface area contributed by atoms with E-state index in [0.717, 1.165) is 42.4 Å². The fourth-order valence-corrected chi connectivity index (χ4v) is 5.86. The van der Waals surface area contributed by atoms with E-state index in [1.54, 1.807) is 31.4 Å². The van der Waals surface area contributed by atoms with Crippen molar-refractivity contribution in [2.24, 2.45) is 5.41 Å². The molecule has 5 rings (SSSR count). The first-order valence-corrected chi connectivity index (χ1v) is 12.9. The van der Waals surface area contributed by atoms with Crippen LogP contribution in [0.5, 0.6) is 11.5 Å². The Hall–Kier alpha value is -2.97. The second-order valence-electron chi connectivity index (χ2n) is 10.8. The Morgan fingerprint density at radius 1 is 1.08 bits per heavy atom. The SMILES string of the molecule is COc1cc(OC)c(Cl)c(-c2ccc3nc(NC4CC5(C4)CN(C(=O)OC(C)(C)C)C5)ncc3c2)c1Cl. The van der Waals surface area contributed by atoms with Gasteiger partial charge in [-0.15, -0.1) is 0 Å². The van der Waals surface area contributed by atoms with Gasteiger partial charge in [0.2, 0.25) is 5.95 Å². The molecule has 1 aliphatic heterocycles. The zero-order chi connectivity index (χ0) is 26.5. The molecule has 1 aliphatic carbocycles. The van der Waals surface area contributed by atoms with Crippen LogP contribution in [0.1, 0.15) is 33.6 Å². The van der Waals surface area contributed by atoms with Crippen LogP contribution in [0.25, 0.3) is 22.0 Å². The average molecular weight is 545 g/mol. The van der Waals surface area contributed by atoms with E-state index in [0.29, 0.717) is 33.1 Å². The molecule has 0 unspecified atom stereocenters. The van der Waals surface area contributed by atoms with Gasteiger partial charge >= 0.3 is 6.09 Å². The highest BCUT2D eigenvalue weighted by Gasteiger charge is 2.54. The quantitative estimate of drug-likeness (QED) is 0.395. The van der Waals surface area contributed by atoms with E-state index >= 15 is 0 Å². The molecule has 1 spiro atoms. The highest BCUT2D eigenvalue weighted by atomic mass is 35.5. The minimum atomic E-state index is -0.475. The van der Waals surface area contributed by atoms with Crippen molar-refractivity contribution in [2.75, 3.05) is 32.6 Å². The van der Waals surface area contributed by atoms with Gasteiger partial charge in [0.15, 0.2) is 0 Å². The number of aromatic nitrogens is 2. The monoisotopic (exact) mass is 544 g/mol. The summed E-state index contributed by atoms with van der Waals surface area (Å²) in [7, 11) is 3.10. The average Bonchev–Trinajstić information content (AvgIpc) is 2.78. The fraction of sp³-hybridized carbons (Fsp3) is 0.444. The van der Waals surface area contributed by atoms with E-state index in [4.69, 9.17) is 42.4 Å². The lowest BCUT2D eigenvalue weighted by molar-refractivity contribution is -0.0739. The van der Waals surface area contributed by atoms with Gasteiger partial charge < -0.3 is 24.4 Å². The molecule has 10 heteroatoms. The van der Waals surface area contributed by atoms with Gasteiger partial charge in [-0.25, -0.2) is 14.8 Å². The maximum absolute atomic E-state index is 12.2. The lowest BCUT2D eigenvalue weighted by Crippen LogP contribution is -2.66. The number of ether oxygens (including phenoxy) is 3. The number of methoxy groups -OCH3 is 2. The van der Waals surface area contributed by atoms with Crippen molar-refractivity contribution in [1.82, 2.24) is 14.9 Å². The summed E-state index contributed by atoms with van der Waals surface area (Å²) in [6.45, 7) is 7.13. The number of halogens is 2. The molecule has 0 bridgehead atoms. The van der Waals surface area contributed by atoms with E-state index in [1.165, 1.54) is 0 Å². The number of hydrogen-bond acceptors (Lipinski definition) is 7. The summed E-state index contributed by atoms with van der Waals surface area (Å²) in [6.07, 6.45) is 3.50. The van der Waals surface area contributed by atoms with Crippen molar-refractivity contribution < 1.29 is 19.0 Å². The molecular weight excluding hydrogens is 515 g/mol. The summed E-state index contributed by atoms with van der Waals surface area (Å²) in [5.41, 5.74) is 1.94. The summed E-state index contributed by atoms with van der Waals surface area (Å²) in [4.78, 5) is 23.2. The Kier molecular flexibility index (Phi) is 6.52. The van der Waals surface area contributed by atoms with Crippen LogP contribution in [0.4, 0.5) is 10.7 Å². The van der Waals surface area contributed by atoms with Crippen molar-refractivity contribution in [3.63, 3.8) is 0 Å². The first-order chi connectivity index (χ1) is 17.5. The predicted molar refractivity (Wildman–Crippen MR) is 145 cm³/mol. The lowest BCUT2D eigenvalue weighted by atomic mass is 9.61. The number of carbonyl (C=O) groups excluding carboxylic acids is 1. The Morgan fingerprint density at radius 2 is 1.73 bits per heavy atom. The number of amides is 1. The molecule has 0 radical (unpaired) electrons. The molecule has 1 saturated carbocycles. The predicted octanol–water partition coefficient (Wildman–Crippen LogP) is 6.43. The van der Waals surface area contributed by atoms with Crippen molar-refractivity contribution >= 4 is 46.1 Å². The number of rotatable bonds is 5. The third-order valence-electron chi connectivity index (χ3n) is 6.84. The van der Waals surface area contributed by atoms with Crippen LogP contribution in [0.3, 0.4) is 0 Å². The summed E-state index contributed by atoms with van der Waals surface area (Å²) in [5, 5.41) is 5.11. The highest BCUT2D eigenvalue weighted by molar-refractivity contribution is 6.41. The normalized spacial score (nSPS) is 16.8. The van der Waals surface area contributed by atoms with E-state index in [1.807, 2.05) is 39.0 Å². The molecular formula is C27H30Cl2N4O4. The zero-order valence-corrected chi connectivity index (χ0v) is 23.0. The number of fused-ring (bicyclic) bond motifs is 1. The Bertz CT molecular complexity index is 1330. The maximum atomic E-state index is 12.2. The fourth-order valence-electron chi connectivity index (χ4n) is 5.14. The van der Waals surface area contributed by atoms with Crippen LogP contribution in [0, 0.1) is 5.41 Å². The van der Waals surface area contributed by atoms with Gasteiger partial charge in [0.25, 0.3) is 0 Å². The molecule has 2 fully saturated rings. The molecule has 196 valence electrons. The molecule has 1 N–H and O–H groups in total. The molecule has 2 aromatic carbocycles. The van der Waals surface area contributed by atoms with Crippen molar-refractivity contribution in [3.8, 4) is 22.6 Å². The largest absolute Gasteiger partial charge is 0.495 e. The molecule has 1 saturated heterocycles. The summed E-state index contributed by atoms with van der Waals surface area (Å²) in [5.74, 6) is 1.54. The van der Waals surface area contributed by atoms with Crippen molar-refractivity contribution in [2.45, 2.75) is 45.3 Å². The van der Waals surface area contributed by atoms with Gasteiger partial charge in [-0.05, 0) is 51.3 Å². The van der Waals surface area contributed by atoms with Crippen LogP contribution in [0.15, 0.2) is 30.5 Å². The first-order valence-electron chi connectivity index (χ1n) is 12.1. The molecule has 1 aromatic heterocycles. The van der Waals surface area contributed by atoms with E-state index < -0.39 is 5.60 Å². The number of anilines is 1. The highest BCUT2D eigenvalue weighted by Crippen LogP contribution is 2.50. The van der Waals surface area contributed by atoms with E-state index in [-0.39, 0.29) is 17.6 Å². The topological polar surface area (TPSA) is 85.8 Å². The van der Waals surface area contributed by atoms with E-state index in [2.05, 4.69) is 10.3 Å². The second-order valence-corrected chi connectivity index (χ2v) is 11.6. The first kappa shape index (κ1) is 25.7. The molecule has 8 nitrogen and oxygen atoms in total. The Balaban J connectivity index is 1.26. The lowest BCUT2D eigenvalue weighted by Gasteiger charge is -2.58. The number of hydrogen-bond donors (Lipinski definition) is 1. The Morgan fingerprint density at radius 3 is 2.32 bits per heavy atom. The van der Waals surface area contributed by atoms with Gasteiger partial charge in [0, 0.05) is 47.8 Å². The van der Waals surface area contributed by atoms with Gasteiger partial charge in [0.1, 0.15) is 17.1 Å². The standard InChI is InChI=1S/C27H30Cl2N4O4/c1-26(2,3)37-25(34)33-13-27(14-33)10-17(11-27)31-24-30-12-16-8-15(6-7-18(16)32-24)21-22(28)19(35-4)9-20(36-5)23(21)29/h6-9,12,17H,10-11,13-14H2,1-5H3,(H,30,31,32). The van der Waals surface area contributed by atoms with Crippen LogP contribution in [-0.2, 0) is 4.74 Å². The molecule has 3 aromatic rings. The van der Waals surface area contributed by atoms with Crippen LogP contribution in [-0.4, -0.2) is 59.9 Å². The van der Waals surface area contributed by atoms with Gasteiger partial charge in [-0.1, -0.05) is 29.3 Å². The number of nitrogens with zero attached hydrogens (tertiary/aromatic N) is 3. The molecule has 1 amide bonds. The number of benzene rings is 2. The summed E-state index contributed by atoms with van der Waals surface area (Å²) in [6, 6.07) is 7.73. The second kappa shape index (κ2) is 9.40. The summed E-state index contributed by atoms with van der Waals surface area (Å²) >= 11 is 13.2. The third-order valence-corrected chi connectivity index (χ3v) is 7.59. The van der Waals surface area contributed by atoms with Crippen LogP contribution >= 0.6 is 23.2 Å². The molecule has 2 aliphatic rings. The minimum Gasteiger partial charge on any atom is -0.495 e. The van der Waals surface area contributed by atoms with Crippen LogP contribution < -0.4 is 14.8 Å². The van der Waals surface area contributed by atoms with Crippen LogP contribution in [0.2, 0.25) is 10.0 Å². The number of likely N-dealkylation sites (tertiary alicyclic amines) is 1. The zero-order valence-electron chi connectivity index (χ0n) is 21.5. The summed E-state index contributed by atoms with van der Waals surface area (Å²) < 4.78 is 16.3. The number of nitrogens with one attached hydrogen (secondary N) is 1. The minimum absolute atomic E-state index is 0.177. The van der Waals surface area contributed by atoms with Gasteiger partial charge in [0.05, 0.1) is 29.8 Å². The van der Waals surface area contributed by atoms with Gasteiger partial charge in [-0.3, -0.25) is 0 Å². The Labute approximate surface area is 226 Å². The molecule has 2 heterocycles. The maximum Gasteiger partial charge on any atom is 0.410 e. The molecule has 37 heavy (non-hydrogen) atoms. The van der Waals surface area contributed by atoms with Crippen molar-refractivity contribution in [3.05, 3.63) is 40.5 Å². The van der Waals surface area contributed by atoms with Gasteiger partial charge in [-0.2, -0.15) is 0 Å². The third kappa shape index (κ3) is 4.97. The van der Waals surface area contributed by atoms with Crippen molar-refractivity contribution in [1.29, 1.82) is 0 Å². The smallest absolute Gasteiger partial charge is 0.410 e.